The number of likely N-dealkylation sites (tertiary alicyclic amines) is 1. The number of hydrogen-bond donors (Lipinski definition) is 2. The van der Waals surface area contributed by atoms with Crippen LogP contribution in [-0.4, -0.2) is 69.2 Å². The highest BCUT2D eigenvalue weighted by Crippen LogP contribution is 2.37. The molecule has 3 aromatic carbocycles. The first kappa shape index (κ1) is 31.0. The van der Waals surface area contributed by atoms with Crippen LogP contribution in [0.3, 0.4) is 0 Å². The number of piperazine rings is 1. The molecule has 0 amide bonds. The van der Waals surface area contributed by atoms with E-state index in [0.29, 0.717) is 33.7 Å². The van der Waals surface area contributed by atoms with E-state index in [1.54, 1.807) is 12.4 Å². The predicted molar refractivity (Wildman–Crippen MR) is 187 cm³/mol. The summed E-state index contributed by atoms with van der Waals surface area (Å²) in [6.07, 6.45) is 7.13. The van der Waals surface area contributed by atoms with Crippen LogP contribution in [0.2, 0.25) is 5.02 Å². The Morgan fingerprint density at radius 1 is 0.761 bits per heavy atom. The van der Waals surface area contributed by atoms with Gasteiger partial charge in [0.2, 0.25) is 0 Å². The molecule has 10 heteroatoms. The van der Waals surface area contributed by atoms with E-state index < -0.39 is 0 Å². The first-order valence-corrected chi connectivity index (χ1v) is 17.1. The van der Waals surface area contributed by atoms with Crippen molar-refractivity contribution in [3.05, 3.63) is 93.2 Å². The maximum atomic E-state index is 11.1. The van der Waals surface area contributed by atoms with Crippen molar-refractivity contribution < 1.29 is 14.9 Å². The van der Waals surface area contributed by atoms with Gasteiger partial charge >= 0.3 is 0 Å². The molecule has 8 nitrogen and oxygen atoms in total. The van der Waals surface area contributed by atoms with E-state index >= 15 is 0 Å². The molecular formula is C36H37BrClN5O3. The van der Waals surface area contributed by atoms with Crippen LogP contribution in [-0.2, 0) is 19.7 Å². The molecule has 4 heterocycles. The second-order valence-electron chi connectivity index (χ2n) is 12.2. The minimum absolute atomic E-state index is 0.179. The van der Waals surface area contributed by atoms with Crippen molar-refractivity contribution >= 4 is 55.0 Å². The second-order valence-corrected chi connectivity index (χ2v) is 13.5. The molecule has 2 saturated heterocycles. The van der Waals surface area contributed by atoms with Crippen molar-refractivity contribution in [2.45, 2.75) is 39.0 Å². The molecule has 0 bridgehead atoms. The third kappa shape index (κ3) is 6.47. The van der Waals surface area contributed by atoms with Gasteiger partial charge in [-0.1, -0.05) is 36.2 Å². The fraction of sp³-hybridized carbons (Fsp3) is 0.333. The number of fused-ring (bicyclic) bond motifs is 2. The Kier molecular flexibility index (Phi) is 9.17. The number of phenols is 2. The molecule has 5 aromatic rings. The molecule has 0 unspecified atom stereocenters. The van der Waals surface area contributed by atoms with Gasteiger partial charge in [-0.25, -0.2) is 0 Å². The van der Waals surface area contributed by atoms with E-state index in [9.17, 15) is 10.2 Å². The molecule has 0 aliphatic carbocycles. The van der Waals surface area contributed by atoms with Crippen LogP contribution >= 0.6 is 27.5 Å². The summed E-state index contributed by atoms with van der Waals surface area (Å²) in [5.41, 5.74) is 5.07. The zero-order valence-corrected chi connectivity index (χ0v) is 28.0. The van der Waals surface area contributed by atoms with E-state index in [1.807, 2.05) is 48.5 Å². The van der Waals surface area contributed by atoms with Gasteiger partial charge in [-0.2, -0.15) is 0 Å². The average Bonchev–Trinajstić information content (AvgIpc) is 3.09. The normalized spacial score (nSPS) is 16.3. The first-order chi connectivity index (χ1) is 22.4. The van der Waals surface area contributed by atoms with Gasteiger partial charge in [-0.3, -0.25) is 19.8 Å². The Morgan fingerprint density at radius 3 is 2.33 bits per heavy atom. The van der Waals surface area contributed by atoms with Gasteiger partial charge in [0.1, 0.15) is 29.1 Å². The fourth-order valence-corrected chi connectivity index (χ4v) is 7.41. The van der Waals surface area contributed by atoms with Crippen molar-refractivity contribution in [3.8, 4) is 17.2 Å². The zero-order chi connectivity index (χ0) is 31.6. The molecular weight excluding hydrogens is 666 g/mol. The molecule has 2 N–H and O–H groups in total. The van der Waals surface area contributed by atoms with E-state index in [-0.39, 0.29) is 11.5 Å². The summed E-state index contributed by atoms with van der Waals surface area (Å²) < 4.78 is 7.04. The number of ether oxygens (including phenoxy) is 1. The lowest BCUT2D eigenvalue weighted by molar-refractivity contribution is 0.218. The molecule has 7 rings (SSSR count). The van der Waals surface area contributed by atoms with Gasteiger partial charge in [0.15, 0.2) is 5.75 Å². The van der Waals surface area contributed by atoms with Gasteiger partial charge in [-0.05, 0) is 83.8 Å². The number of rotatable bonds is 8. The van der Waals surface area contributed by atoms with Gasteiger partial charge in [0.25, 0.3) is 0 Å². The largest absolute Gasteiger partial charge is 0.505 e. The van der Waals surface area contributed by atoms with Crippen LogP contribution in [0, 0.1) is 0 Å². The second kappa shape index (κ2) is 13.6. The number of pyridine rings is 2. The maximum absolute atomic E-state index is 11.1. The number of para-hydroxylation sites is 2. The van der Waals surface area contributed by atoms with Crippen molar-refractivity contribution in [2.75, 3.05) is 44.2 Å². The summed E-state index contributed by atoms with van der Waals surface area (Å²) in [6.45, 7) is 7.40. The highest BCUT2D eigenvalue weighted by Gasteiger charge is 2.22. The Bertz CT molecular complexity index is 1870. The SMILES string of the molecule is Oc1c(CN2CCCCC2)cc(Cl)c2cc(COc3ccccc3N3CCN(Cc4cc(Br)c(O)c5ncccc45)CC3)cnc12. The van der Waals surface area contributed by atoms with Crippen LogP contribution < -0.4 is 9.64 Å². The van der Waals surface area contributed by atoms with Gasteiger partial charge in [0, 0.05) is 73.6 Å². The Labute approximate surface area is 282 Å². The first-order valence-electron chi connectivity index (χ1n) is 15.9. The molecule has 2 aromatic heterocycles. The summed E-state index contributed by atoms with van der Waals surface area (Å²) in [5, 5.41) is 23.8. The number of benzene rings is 3. The zero-order valence-electron chi connectivity index (χ0n) is 25.6. The number of phenolic OH excluding ortho intramolecular Hbond substituents is 2. The Morgan fingerprint density at radius 2 is 1.50 bits per heavy atom. The fourth-order valence-electron chi connectivity index (χ4n) is 6.67. The van der Waals surface area contributed by atoms with E-state index in [4.69, 9.17) is 16.3 Å². The smallest absolute Gasteiger partial charge is 0.156 e. The molecule has 0 atom stereocenters. The Balaban J connectivity index is 1.01. The highest BCUT2D eigenvalue weighted by molar-refractivity contribution is 9.10. The standard InChI is InChI=1S/C36H37BrClN5O3/c37-29-18-25(27-7-6-10-39-33(27)36(29)45)21-42-13-15-43(16-14-42)31-8-2-3-9-32(31)46-23-24-17-28-30(38)19-26(35(44)34(28)40-20-24)22-41-11-4-1-5-12-41/h2-3,6-10,17-20,44-45H,1,4-5,11-16,21-23H2. The molecule has 0 saturated carbocycles. The number of hydrogen-bond acceptors (Lipinski definition) is 8. The van der Waals surface area contributed by atoms with Gasteiger partial charge in [0.05, 0.1) is 15.2 Å². The monoisotopic (exact) mass is 701 g/mol. The third-order valence-electron chi connectivity index (χ3n) is 9.15. The van der Waals surface area contributed by atoms with Gasteiger partial charge < -0.3 is 19.8 Å². The number of anilines is 1. The quantitative estimate of drug-likeness (QED) is 0.172. The van der Waals surface area contributed by atoms with Crippen molar-refractivity contribution in [3.63, 3.8) is 0 Å². The van der Waals surface area contributed by atoms with Crippen molar-refractivity contribution in [2.24, 2.45) is 0 Å². The van der Waals surface area contributed by atoms with Crippen molar-refractivity contribution in [1.29, 1.82) is 0 Å². The predicted octanol–water partition coefficient (Wildman–Crippen LogP) is 7.50. The lowest BCUT2D eigenvalue weighted by atomic mass is 10.1. The van der Waals surface area contributed by atoms with Crippen LogP contribution in [0.4, 0.5) is 5.69 Å². The van der Waals surface area contributed by atoms with Crippen LogP contribution in [0.25, 0.3) is 21.8 Å². The molecule has 238 valence electrons. The molecule has 2 aliphatic rings. The average molecular weight is 703 g/mol. The Hall–Kier alpha value is -3.63. The van der Waals surface area contributed by atoms with E-state index in [2.05, 4.69) is 46.7 Å². The maximum Gasteiger partial charge on any atom is 0.156 e. The topological polar surface area (TPSA) is 85.2 Å². The lowest BCUT2D eigenvalue weighted by Crippen LogP contribution is -2.46. The molecule has 46 heavy (non-hydrogen) atoms. The summed E-state index contributed by atoms with van der Waals surface area (Å²) in [6, 6.07) is 17.9. The minimum atomic E-state index is 0.179. The number of aromatic hydroxyl groups is 2. The van der Waals surface area contributed by atoms with Crippen molar-refractivity contribution in [1.82, 2.24) is 19.8 Å². The number of aromatic nitrogens is 2. The van der Waals surface area contributed by atoms with E-state index in [0.717, 1.165) is 84.7 Å². The molecule has 2 aliphatic heterocycles. The summed E-state index contributed by atoms with van der Waals surface area (Å²) in [5.74, 6) is 1.21. The summed E-state index contributed by atoms with van der Waals surface area (Å²) in [7, 11) is 0. The van der Waals surface area contributed by atoms with Crippen LogP contribution in [0.1, 0.15) is 36.0 Å². The number of piperidine rings is 1. The molecule has 0 radical (unpaired) electrons. The number of halogens is 2. The molecule has 0 spiro atoms. The lowest BCUT2D eigenvalue weighted by Gasteiger charge is -2.37. The van der Waals surface area contributed by atoms with Crippen LogP contribution in [0.15, 0.2) is 71.5 Å². The van der Waals surface area contributed by atoms with Gasteiger partial charge in [-0.15, -0.1) is 0 Å². The highest BCUT2D eigenvalue weighted by atomic mass is 79.9. The van der Waals surface area contributed by atoms with Crippen LogP contribution in [0.5, 0.6) is 17.2 Å². The molecule has 2 fully saturated rings. The summed E-state index contributed by atoms with van der Waals surface area (Å²) in [4.78, 5) is 16.2. The summed E-state index contributed by atoms with van der Waals surface area (Å²) >= 11 is 10.2. The third-order valence-corrected chi connectivity index (χ3v) is 10.1. The van der Waals surface area contributed by atoms with E-state index in [1.165, 1.54) is 19.3 Å². The number of nitrogens with zero attached hydrogens (tertiary/aromatic N) is 5. The minimum Gasteiger partial charge on any atom is -0.505 e.